The Morgan fingerprint density at radius 1 is 0.461 bits per heavy atom. The van der Waals surface area contributed by atoms with Crippen LogP contribution in [0.5, 0.6) is 5.75 Å². The van der Waals surface area contributed by atoms with E-state index in [4.69, 9.17) is 27.9 Å². The lowest BCUT2D eigenvalue weighted by molar-refractivity contribution is 0.0599. The van der Waals surface area contributed by atoms with E-state index in [2.05, 4.69) is 19.7 Å². The number of carbonyl (C=O) groups excluding carboxylic acids is 8. The van der Waals surface area contributed by atoms with Crippen LogP contribution in [0.3, 0.4) is 0 Å². The van der Waals surface area contributed by atoms with Gasteiger partial charge < -0.3 is 14.4 Å². The Balaban J connectivity index is 0.000000190. The molecule has 0 saturated carbocycles. The maximum atomic E-state index is 10.9. The van der Waals surface area contributed by atoms with E-state index in [0.29, 0.717) is 62.0 Å². The summed E-state index contributed by atoms with van der Waals surface area (Å²) in [7, 11) is 5.25. The molecule has 0 unspecified atom stereocenters. The molecule has 0 aliphatic rings. The third kappa shape index (κ3) is 23.7. The molecule has 0 aliphatic carbocycles. The number of para-hydroxylation sites is 1. The average Bonchev–Trinajstić information content (AvgIpc) is 3.71. The zero-order valence-corrected chi connectivity index (χ0v) is 50.1. The molecule has 3 aromatic heterocycles. The minimum absolute atomic E-state index is 0.319. The summed E-state index contributed by atoms with van der Waals surface area (Å²) < 4.78 is 10.1. The minimum atomic E-state index is -0.396. The number of aromatic nitrogens is 3. The number of carbonyl (C=O) groups is 8. The second kappa shape index (κ2) is 38.7. The van der Waals surface area contributed by atoms with Crippen molar-refractivity contribution in [2.45, 2.75) is 6.61 Å². The fraction of sp³-hybridized carbons (Fsp3) is 0.0548. The van der Waals surface area contributed by atoms with E-state index < -0.39 is 5.97 Å². The van der Waals surface area contributed by atoms with Gasteiger partial charge >= 0.3 is 5.97 Å². The SMILES string of the molecule is CN(C)c1ccc(C=O)cc1.COC(=O)c1ccc(C=O)cc1.O=Cc1ccc(OCc2ccccc2)cc1.O=Cc1ccc2ccccc2n1.O=Cc1cccc(-c2ccncc2)c1.O=Cc1cccc(Cl)c1Cl.O=Cc1ccccc1-c1ccncc1. The lowest BCUT2D eigenvalue weighted by atomic mass is 10.0. The summed E-state index contributed by atoms with van der Waals surface area (Å²) in [4.78, 5) is 97.9. The second-order valence-corrected chi connectivity index (χ2v) is 19.3. The molecule has 11 aromatic rings. The van der Waals surface area contributed by atoms with Crippen molar-refractivity contribution in [2.24, 2.45) is 0 Å². The normalized spacial score (nSPS) is 9.58. The molecule has 16 heteroatoms. The van der Waals surface area contributed by atoms with Crippen LogP contribution in [0.4, 0.5) is 5.69 Å². The average molecular weight is 1220 g/mol. The standard InChI is InChI=1S/C14H12O2.2C12H9NO.C10H7NO.C9H11NO.C9H8O3.C7H4Cl2O/c15-10-12-6-8-14(9-7-12)16-11-13-4-2-1-3-5-13;14-9-10-2-1-3-12(8-10)11-4-6-13-7-5-11;14-9-11-3-1-2-4-12(11)10-5-7-13-8-6-10;12-7-9-6-5-8-3-1-2-4-10(8)11-9;1-10(2)9-5-3-8(7-11)4-6-9;1-12-9(11)8-4-2-7(6-10)3-5-8;8-6-3-1-2-5(4-10)7(6)9/h1-10H,11H2;2*1-9H;1-7H;3-7H,1-2H3;2-6H,1H3;1-4H. The van der Waals surface area contributed by atoms with Crippen molar-refractivity contribution in [1.82, 2.24) is 15.0 Å². The highest BCUT2D eigenvalue weighted by atomic mass is 35.5. The molecule has 0 amide bonds. The van der Waals surface area contributed by atoms with Crippen molar-refractivity contribution in [3.8, 4) is 28.0 Å². The van der Waals surface area contributed by atoms with Crippen LogP contribution < -0.4 is 9.64 Å². The molecule has 446 valence electrons. The highest BCUT2D eigenvalue weighted by Gasteiger charge is 2.05. The molecular formula is C73H60Cl2N4O10. The first-order valence-electron chi connectivity index (χ1n) is 27.1. The Morgan fingerprint density at radius 3 is 1.55 bits per heavy atom. The van der Waals surface area contributed by atoms with E-state index in [1.54, 1.807) is 104 Å². The van der Waals surface area contributed by atoms with Gasteiger partial charge in [0, 0.05) is 83.3 Å². The first-order chi connectivity index (χ1) is 43.4. The van der Waals surface area contributed by atoms with E-state index >= 15 is 0 Å². The first-order valence-corrected chi connectivity index (χ1v) is 27.8. The van der Waals surface area contributed by atoms with E-state index in [9.17, 15) is 38.4 Å². The Kier molecular flexibility index (Phi) is 29.8. The number of rotatable bonds is 14. The molecule has 0 atom stereocenters. The molecule has 0 N–H and O–H groups in total. The van der Waals surface area contributed by atoms with Crippen LogP contribution in [0.1, 0.15) is 88.6 Å². The predicted molar refractivity (Wildman–Crippen MR) is 351 cm³/mol. The molecule has 0 radical (unpaired) electrons. The van der Waals surface area contributed by atoms with E-state index in [-0.39, 0.29) is 0 Å². The Bertz CT molecular complexity index is 3990. The molecule has 0 fully saturated rings. The summed E-state index contributed by atoms with van der Waals surface area (Å²) in [5.74, 6) is 0.377. The number of nitrogens with zero attached hydrogens (tertiary/aromatic N) is 4. The monoisotopic (exact) mass is 1220 g/mol. The van der Waals surface area contributed by atoms with Gasteiger partial charge in [-0.15, -0.1) is 0 Å². The van der Waals surface area contributed by atoms with Gasteiger partial charge in [0.1, 0.15) is 43.2 Å². The number of benzene rings is 8. The van der Waals surface area contributed by atoms with Gasteiger partial charge in [-0.25, -0.2) is 9.78 Å². The van der Waals surface area contributed by atoms with Crippen LogP contribution in [-0.2, 0) is 11.3 Å². The lowest BCUT2D eigenvalue weighted by Gasteiger charge is -2.11. The largest absolute Gasteiger partial charge is 0.489 e. The van der Waals surface area contributed by atoms with Crippen LogP contribution >= 0.6 is 23.2 Å². The van der Waals surface area contributed by atoms with Gasteiger partial charge in [-0.3, -0.25) is 43.5 Å². The highest BCUT2D eigenvalue weighted by Crippen LogP contribution is 2.25. The molecule has 0 spiro atoms. The predicted octanol–water partition coefficient (Wildman–Crippen LogP) is 15.9. The minimum Gasteiger partial charge on any atom is -0.489 e. The van der Waals surface area contributed by atoms with Gasteiger partial charge in [0.25, 0.3) is 0 Å². The summed E-state index contributed by atoms with van der Waals surface area (Å²) in [6, 6.07) is 69.6. The number of hydrogen-bond acceptors (Lipinski definition) is 14. The van der Waals surface area contributed by atoms with Gasteiger partial charge in [-0.1, -0.05) is 145 Å². The van der Waals surface area contributed by atoms with Crippen molar-refractivity contribution < 1.29 is 47.8 Å². The molecule has 0 aliphatic heterocycles. The molecule has 3 heterocycles. The number of anilines is 1. The fourth-order valence-corrected chi connectivity index (χ4v) is 7.89. The summed E-state index contributed by atoms with van der Waals surface area (Å²) in [6.45, 7) is 0.543. The van der Waals surface area contributed by atoms with Gasteiger partial charge in [-0.2, -0.15) is 0 Å². The van der Waals surface area contributed by atoms with Crippen LogP contribution in [0.15, 0.2) is 255 Å². The summed E-state index contributed by atoms with van der Waals surface area (Å²) >= 11 is 11.2. The summed E-state index contributed by atoms with van der Waals surface area (Å²) in [6.07, 6.45) is 12.5. The maximum Gasteiger partial charge on any atom is 0.337 e. The van der Waals surface area contributed by atoms with Crippen molar-refractivity contribution in [3.05, 3.63) is 316 Å². The van der Waals surface area contributed by atoms with E-state index in [1.807, 2.05) is 171 Å². The first kappa shape index (κ1) is 68.6. The maximum absolute atomic E-state index is 10.9. The zero-order valence-electron chi connectivity index (χ0n) is 48.6. The van der Waals surface area contributed by atoms with Crippen LogP contribution in [-0.4, -0.2) is 86.1 Å². The molecular weight excluding hydrogens is 1160 g/mol. The Hall–Kier alpha value is -11.2. The Labute approximate surface area is 526 Å². The van der Waals surface area contributed by atoms with Crippen molar-refractivity contribution in [1.29, 1.82) is 0 Å². The van der Waals surface area contributed by atoms with Gasteiger partial charge in [0.2, 0.25) is 0 Å². The number of methoxy groups -OCH3 is 1. The van der Waals surface area contributed by atoms with Gasteiger partial charge in [-0.05, 0) is 137 Å². The quantitative estimate of drug-likeness (QED) is 0.0736. The summed E-state index contributed by atoms with van der Waals surface area (Å²) in [5, 5.41) is 1.79. The third-order valence-corrected chi connectivity index (χ3v) is 13.1. The number of pyridine rings is 3. The number of halogens is 2. The van der Waals surface area contributed by atoms with Gasteiger partial charge in [0.15, 0.2) is 18.9 Å². The molecule has 0 saturated heterocycles. The molecule has 89 heavy (non-hydrogen) atoms. The van der Waals surface area contributed by atoms with Crippen molar-refractivity contribution >= 4 is 89.8 Å². The number of fused-ring (bicyclic) bond motifs is 1. The Morgan fingerprint density at radius 2 is 0.989 bits per heavy atom. The molecule has 8 aromatic carbocycles. The van der Waals surface area contributed by atoms with E-state index in [1.165, 1.54) is 7.11 Å². The fourth-order valence-electron chi connectivity index (χ4n) is 7.54. The molecule has 11 rings (SSSR count). The number of esters is 1. The van der Waals surface area contributed by atoms with Crippen molar-refractivity contribution in [3.63, 3.8) is 0 Å². The lowest BCUT2D eigenvalue weighted by Crippen LogP contribution is -2.08. The second-order valence-electron chi connectivity index (χ2n) is 18.5. The van der Waals surface area contributed by atoms with Gasteiger partial charge in [0.05, 0.1) is 28.2 Å². The number of ether oxygens (including phenoxy) is 2. The highest BCUT2D eigenvalue weighted by molar-refractivity contribution is 6.43. The summed E-state index contributed by atoms with van der Waals surface area (Å²) in [5.41, 5.74) is 11.8. The smallest absolute Gasteiger partial charge is 0.337 e. The molecule has 14 nitrogen and oxygen atoms in total. The van der Waals surface area contributed by atoms with E-state index in [0.717, 1.165) is 93.4 Å². The zero-order chi connectivity index (χ0) is 64.0. The number of aldehydes is 7. The van der Waals surface area contributed by atoms with Crippen molar-refractivity contribution in [2.75, 3.05) is 26.1 Å². The third-order valence-electron chi connectivity index (χ3n) is 12.2. The topological polar surface area (TPSA) is 197 Å². The number of hydrogen-bond donors (Lipinski definition) is 0. The van der Waals surface area contributed by atoms with Crippen LogP contribution in [0.2, 0.25) is 10.0 Å². The molecule has 0 bridgehead atoms. The van der Waals surface area contributed by atoms with Crippen LogP contribution in [0.25, 0.3) is 33.2 Å². The van der Waals surface area contributed by atoms with Crippen LogP contribution in [0, 0.1) is 0 Å².